The van der Waals surface area contributed by atoms with Crippen LogP contribution < -0.4 is 5.32 Å². The number of hydrogen-bond donors (Lipinski definition) is 1. The smallest absolute Gasteiger partial charge is 0.159 e. The van der Waals surface area contributed by atoms with Gasteiger partial charge in [0.05, 0.1) is 0 Å². The molecule has 1 aromatic rings. The van der Waals surface area contributed by atoms with Crippen molar-refractivity contribution in [1.29, 1.82) is 0 Å². The van der Waals surface area contributed by atoms with Crippen molar-refractivity contribution in [3.63, 3.8) is 0 Å². The van der Waals surface area contributed by atoms with Crippen molar-refractivity contribution in [2.75, 3.05) is 19.6 Å². The van der Waals surface area contributed by atoms with Crippen molar-refractivity contribution in [2.45, 2.75) is 32.4 Å². The van der Waals surface area contributed by atoms with Crippen molar-refractivity contribution in [3.05, 3.63) is 35.4 Å². The molecule has 0 spiro atoms. The van der Waals surface area contributed by atoms with Crippen LogP contribution in [-0.4, -0.2) is 30.6 Å². The number of piperazine rings is 1. The summed E-state index contributed by atoms with van der Waals surface area (Å²) in [4.78, 5) is 2.35. The molecule has 5 heteroatoms. The van der Waals surface area contributed by atoms with Gasteiger partial charge in [-0.3, -0.25) is 4.90 Å². The molecule has 0 aliphatic carbocycles. The van der Waals surface area contributed by atoms with Gasteiger partial charge in [-0.25, -0.2) is 8.78 Å². The average Bonchev–Trinajstić information content (AvgIpc) is 2.37. The summed E-state index contributed by atoms with van der Waals surface area (Å²) in [6.07, 6.45) is 2.28. The average molecular weight is 291 g/mol. The summed E-state index contributed by atoms with van der Waals surface area (Å²) in [6.45, 7) is 5.78. The van der Waals surface area contributed by atoms with E-state index in [-0.39, 0.29) is 12.4 Å². The van der Waals surface area contributed by atoms with Crippen LogP contribution in [-0.2, 0) is 6.54 Å². The van der Waals surface area contributed by atoms with Crippen LogP contribution in [0.5, 0.6) is 0 Å². The standard InChI is InChI=1S/C14H20F2N2.ClH/c1-2-3-12-9-17-6-7-18(12)10-11-4-5-13(15)14(16)8-11;/h4-5,8,12,17H,2-3,6-7,9-10H2,1H3;1H. The van der Waals surface area contributed by atoms with Crippen LogP contribution in [0.3, 0.4) is 0 Å². The Morgan fingerprint density at radius 1 is 1.32 bits per heavy atom. The lowest BCUT2D eigenvalue weighted by Crippen LogP contribution is -2.50. The lowest BCUT2D eigenvalue weighted by Gasteiger charge is -2.36. The van der Waals surface area contributed by atoms with Crippen LogP contribution in [0, 0.1) is 11.6 Å². The molecule has 2 nitrogen and oxygen atoms in total. The molecule has 0 aromatic heterocycles. The summed E-state index contributed by atoms with van der Waals surface area (Å²) in [5.41, 5.74) is 0.844. The van der Waals surface area contributed by atoms with E-state index in [4.69, 9.17) is 0 Å². The molecule has 0 bridgehead atoms. The molecule has 1 aromatic carbocycles. The molecule has 1 atom stereocenters. The Hall–Kier alpha value is -0.710. The van der Waals surface area contributed by atoms with Crippen molar-refractivity contribution in [3.8, 4) is 0 Å². The van der Waals surface area contributed by atoms with E-state index >= 15 is 0 Å². The van der Waals surface area contributed by atoms with Crippen molar-refractivity contribution in [1.82, 2.24) is 10.2 Å². The normalized spacial score (nSPS) is 20.1. The monoisotopic (exact) mass is 290 g/mol. The molecule has 1 fully saturated rings. The number of nitrogens with zero attached hydrogens (tertiary/aromatic N) is 1. The SMILES string of the molecule is CCCC1CNCCN1Cc1ccc(F)c(F)c1.Cl. The van der Waals surface area contributed by atoms with Gasteiger partial charge in [-0.2, -0.15) is 0 Å². The Kier molecular flexibility index (Phi) is 6.69. The third-order valence-electron chi connectivity index (χ3n) is 3.46. The highest BCUT2D eigenvalue weighted by atomic mass is 35.5. The van der Waals surface area contributed by atoms with Gasteiger partial charge >= 0.3 is 0 Å². The highest BCUT2D eigenvalue weighted by Crippen LogP contribution is 2.16. The van der Waals surface area contributed by atoms with Gasteiger partial charge in [0, 0.05) is 32.2 Å². The summed E-state index contributed by atoms with van der Waals surface area (Å²) >= 11 is 0. The van der Waals surface area contributed by atoms with Crippen LogP contribution in [0.15, 0.2) is 18.2 Å². The predicted molar refractivity (Wildman–Crippen MR) is 75.6 cm³/mol. The zero-order valence-corrected chi connectivity index (χ0v) is 12.0. The summed E-state index contributed by atoms with van der Waals surface area (Å²) in [6, 6.07) is 4.68. The molecular weight excluding hydrogens is 270 g/mol. The third-order valence-corrected chi connectivity index (χ3v) is 3.46. The Labute approximate surface area is 119 Å². The maximum absolute atomic E-state index is 13.2. The summed E-state index contributed by atoms with van der Waals surface area (Å²) in [5, 5.41) is 3.38. The van der Waals surface area contributed by atoms with E-state index in [9.17, 15) is 8.78 Å². The van der Waals surface area contributed by atoms with Crippen LogP contribution in [0.2, 0.25) is 0 Å². The fraction of sp³-hybridized carbons (Fsp3) is 0.571. The van der Waals surface area contributed by atoms with Crippen molar-refractivity contribution < 1.29 is 8.78 Å². The number of nitrogens with one attached hydrogen (secondary N) is 1. The molecular formula is C14H21ClF2N2. The number of benzene rings is 1. The van der Waals surface area contributed by atoms with Gasteiger partial charge in [0.2, 0.25) is 0 Å². The predicted octanol–water partition coefficient (Wildman–Crippen LogP) is 2.96. The van der Waals surface area contributed by atoms with Gasteiger partial charge in [0.1, 0.15) is 0 Å². The Bertz CT molecular complexity index is 399. The van der Waals surface area contributed by atoms with E-state index < -0.39 is 11.6 Å². The van der Waals surface area contributed by atoms with Gasteiger partial charge in [-0.1, -0.05) is 19.4 Å². The largest absolute Gasteiger partial charge is 0.314 e. The fourth-order valence-corrected chi connectivity index (χ4v) is 2.50. The lowest BCUT2D eigenvalue weighted by atomic mass is 10.1. The molecule has 0 amide bonds. The topological polar surface area (TPSA) is 15.3 Å². The summed E-state index contributed by atoms with van der Waals surface area (Å²) < 4.78 is 26.0. The number of rotatable bonds is 4. The quantitative estimate of drug-likeness (QED) is 0.917. The maximum Gasteiger partial charge on any atom is 0.159 e. The fourth-order valence-electron chi connectivity index (χ4n) is 2.50. The first kappa shape index (κ1) is 16.3. The zero-order valence-electron chi connectivity index (χ0n) is 11.2. The molecule has 2 rings (SSSR count). The highest BCUT2D eigenvalue weighted by Gasteiger charge is 2.21. The second kappa shape index (κ2) is 7.78. The van der Waals surface area contributed by atoms with Gasteiger partial charge in [-0.15, -0.1) is 12.4 Å². The van der Waals surface area contributed by atoms with E-state index in [2.05, 4.69) is 17.1 Å². The molecule has 108 valence electrons. The Balaban J connectivity index is 0.00000180. The molecule has 1 aliphatic rings. The first-order valence-electron chi connectivity index (χ1n) is 6.59. The number of hydrogen-bond acceptors (Lipinski definition) is 2. The number of halogens is 3. The van der Waals surface area contributed by atoms with Crippen LogP contribution in [0.4, 0.5) is 8.78 Å². The zero-order chi connectivity index (χ0) is 13.0. The summed E-state index contributed by atoms with van der Waals surface area (Å²) in [7, 11) is 0. The molecule has 1 saturated heterocycles. The minimum absolute atomic E-state index is 0. The molecule has 1 N–H and O–H groups in total. The van der Waals surface area contributed by atoms with E-state index in [0.717, 1.165) is 38.0 Å². The minimum atomic E-state index is -0.774. The first-order chi connectivity index (χ1) is 8.70. The molecule has 1 unspecified atom stereocenters. The third kappa shape index (κ3) is 4.41. The first-order valence-corrected chi connectivity index (χ1v) is 6.59. The van der Waals surface area contributed by atoms with Crippen LogP contribution >= 0.6 is 12.4 Å². The Morgan fingerprint density at radius 2 is 2.11 bits per heavy atom. The van der Waals surface area contributed by atoms with Gasteiger partial charge in [0.15, 0.2) is 11.6 Å². The molecule has 1 heterocycles. The van der Waals surface area contributed by atoms with Gasteiger partial charge < -0.3 is 5.32 Å². The van der Waals surface area contributed by atoms with E-state index in [1.807, 2.05) is 0 Å². The summed E-state index contributed by atoms with van der Waals surface area (Å²) in [5.74, 6) is -1.53. The van der Waals surface area contributed by atoms with Crippen molar-refractivity contribution in [2.24, 2.45) is 0 Å². The van der Waals surface area contributed by atoms with Crippen LogP contribution in [0.25, 0.3) is 0 Å². The van der Waals surface area contributed by atoms with E-state index in [1.54, 1.807) is 6.07 Å². The highest BCUT2D eigenvalue weighted by molar-refractivity contribution is 5.85. The molecule has 0 saturated carbocycles. The lowest BCUT2D eigenvalue weighted by molar-refractivity contribution is 0.144. The Morgan fingerprint density at radius 3 is 2.79 bits per heavy atom. The molecule has 1 aliphatic heterocycles. The minimum Gasteiger partial charge on any atom is -0.314 e. The van der Waals surface area contributed by atoms with E-state index in [1.165, 1.54) is 12.1 Å². The molecule has 0 radical (unpaired) electrons. The van der Waals surface area contributed by atoms with Gasteiger partial charge in [-0.05, 0) is 24.1 Å². The van der Waals surface area contributed by atoms with E-state index in [0.29, 0.717) is 12.6 Å². The van der Waals surface area contributed by atoms with Crippen LogP contribution in [0.1, 0.15) is 25.3 Å². The van der Waals surface area contributed by atoms with Gasteiger partial charge in [0.25, 0.3) is 0 Å². The molecule has 19 heavy (non-hydrogen) atoms. The second-order valence-electron chi connectivity index (χ2n) is 4.87. The second-order valence-corrected chi connectivity index (χ2v) is 4.87. The maximum atomic E-state index is 13.2. The van der Waals surface area contributed by atoms with Crippen molar-refractivity contribution >= 4 is 12.4 Å².